The molecule has 1 aliphatic heterocycles. The topological polar surface area (TPSA) is 68.2 Å². The lowest BCUT2D eigenvalue weighted by atomic mass is 10.4. The van der Waals surface area contributed by atoms with Gasteiger partial charge < -0.3 is 15.3 Å². The van der Waals surface area contributed by atoms with Crippen LogP contribution in [0.15, 0.2) is 10.3 Å². The summed E-state index contributed by atoms with van der Waals surface area (Å²) in [7, 11) is 0. The number of oxime groups is 2. The second-order valence-electron chi connectivity index (χ2n) is 2.61. The smallest absolute Gasteiger partial charge is 0.193 e. The van der Waals surface area contributed by atoms with Gasteiger partial charge in [-0.2, -0.15) is 0 Å². The number of hydrogen-bond donors (Lipinski definition) is 2. The SMILES string of the molecule is CC(=N\O)/C(=N/O)N1CC1C. The maximum Gasteiger partial charge on any atom is 0.193 e. The molecule has 0 aromatic heterocycles. The molecule has 1 heterocycles. The van der Waals surface area contributed by atoms with E-state index in [1.54, 1.807) is 6.92 Å². The molecule has 0 aromatic rings. The highest BCUT2D eigenvalue weighted by atomic mass is 16.4. The van der Waals surface area contributed by atoms with E-state index in [0.717, 1.165) is 6.54 Å². The molecule has 0 amide bonds. The van der Waals surface area contributed by atoms with Crippen LogP contribution in [0.3, 0.4) is 0 Å². The van der Waals surface area contributed by atoms with Gasteiger partial charge in [-0.25, -0.2) is 0 Å². The third-order valence-corrected chi connectivity index (χ3v) is 1.70. The fourth-order valence-corrected chi connectivity index (χ4v) is 0.915. The lowest BCUT2D eigenvalue weighted by Gasteiger charge is -2.02. The Bertz CT molecular complexity index is 212. The van der Waals surface area contributed by atoms with Crippen LogP contribution in [0.5, 0.6) is 0 Å². The molecule has 0 saturated carbocycles. The maximum atomic E-state index is 8.51. The molecule has 0 bridgehead atoms. The van der Waals surface area contributed by atoms with Gasteiger partial charge in [-0.05, 0) is 13.8 Å². The summed E-state index contributed by atoms with van der Waals surface area (Å²) in [6.45, 7) is 4.43. The second kappa shape index (κ2) is 2.77. The van der Waals surface area contributed by atoms with Crippen LogP contribution < -0.4 is 0 Å². The molecule has 11 heavy (non-hydrogen) atoms. The first-order valence-corrected chi connectivity index (χ1v) is 3.38. The van der Waals surface area contributed by atoms with Gasteiger partial charge >= 0.3 is 0 Å². The van der Waals surface area contributed by atoms with Crippen molar-refractivity contribution in [1.82, 2.24) is 4.90 Å². The largest absolute Gasteiger partial charge is 0.411 e. The van der Waals surface area contributed by atoms with Crippen molar-refractivity contribution in [3.63, 3.8) is 0 Å². The van der Waals surface area contributed by atoms with Crippen molar-refractivity contribution < 1.29 is 10.4 Å². The average Bonchev–Trinajstić information content (AvgIpc) is 2.68. The van der Waals surface area contributed by atoms with Crippen molar-refractivity contribution in [3.8, 4) is 0 Å². The van der Waals surface area contributed by atoms with Crippen molar-refractivity contribution in [2.75, 3.05) is 6.54 Å². The van der Waals surface area contributed by atoms with E-state index in [1.165, 1.54) is 0 Å². The third-order valence-electron chi connectivity index (χ3n) is 1.70. The average molecular weight is 157 g/mol. The van der Waals surface area contributed by atoms with E-state index >= 15 is 0 Å². The zero-order valence-electron chi connectivity index (χ0n) is 6.52. The van der Waals surface area contributed by atoms with E-state index in [2.05, 4.69) is 10.3 Å². The molecule has 1 aliphatic rings. The number of hydrogen-bond acceptors (Lipinski definition) is 4. The molecular weight excluding hydrogens is 146 g/mol. The van der Waals surface area contributed by atoms with Crippen molar-refractivity contribution in [3.05, 3.63) is 0 Å². The first kappa shape index (κ1) is 7.84. The second-order valence-corrected chi connectivity index (χ2v) is 2.61. The van der Waals surface area contributed by atoms with E-state index in [-0.39, 0.29) is 0 Å². The fraction of sp³-hybridized carbons (Fsp3) is 0.667. The standard InChI is InChI=1S/C6H11N3O2/c1-4-3-9(4)6(8-11)5(2)7-10/h4,10-11H,3H2,1-2H3/b7-5+,8-6-. The summed E-state index contributed by atoms with van der Waals surface area (Å²) in [6.07, 6.45) is 0. The molecule has 5 nitrogen and oxygen atoms in total. The molecule has 62 valence electrons. The Morgan fingerprint density at radius 1 is 1.45 bits per heavy atom. The van der Waals surface area contributed by atoms with Gasteiger partial charge in [0.1, 0.15) is 5.71 Å². The third kappa shape index (κ3) is 1.42. The predicted molar refractivity (Wildman–Crippen MR) is 40.3 cm³/mol. The van der Waals surface area contributed by atoms with Gasteiger partial charge in [0.15, 0.2) is 5.84 Å². The monoisotopic (exact) mass is 157 g/mol. The summed E-state index contributed by atoms with van der Waals surface area (Å²) in [5.41, 5.74) is 0.330. The van der Waals surface area contributed by atoms with Crippen molar-refractivity contribution in [2.24, 2.45) is 10.3 Å². The highest BCUT2D eigenvalue weighted by Crippen LogP contribution is 2.17. The highest BCUT2D eigenvalue weighted by Gasteiger charge is 2.34. The van der Waals surface area contributed by atoms with Crippen molar-refractivity contribution in [2.45, 2.75) is 19.9 Å². The van der Waals surface area contributed by atoms with Gasteiger partial charge in [-0.1, -0.05) is 10.3 Å². The van der Waals surface area contributed by atoms with Crippen molar-refractivity contribution >= 4 is 11.5 Å². The van der Waals surface area contributed by atoms with Gasteiger partial charge in [0, 0.05) is 12.6 Å². The Morgan fingerprint density at radius 2 is 2.00 bits per heavy atom. The Morgan fingerprint density at radius 3 is 2.27 bits per heavy atom. The van der Waals surface area contributed by atoms with Crippen molar-refractivity contribution in [1.29, 1.82) is 0 Å². The van der Waals surface area contributed by atoms with Gasteiger partial charge in [0.05, 0.1) is 0 Å². The summed E-state index contributed by atoms with van der Waals surface area (Å²) in [6, 6.07) is 0.387. The molecule has 1 fully saturated rings. The van der Waals surface area contributed by atoms with Crippen LogP contribution in [0, 0.1) is 0 Å². The summed E-state index contributed by atoms with van der Waals surface area (Å²) >= 11 is 0. The lowest BCUT2D eigenvalue weighted by molar-refractivity contribution is 0.309. The zero-order chi connectivity index (χ0) is 8.43. The summed E-state index contributed by atoms with van der Waals surface area (Å²) in [5, 5.41) is 22.8. The summed E-state index contributed by atoms with van der Waals surface area (Å²) in [5.74, 6) is 0.347. The van der Waals surface area contributed by atoms with Crippen LogP contribution in [-0.4, -0.2) is 39.4 Å². The molecule has 1 saturated heterocycles. The summed E-state index contributed by atoms with van der Waals surface area (Å²) in [4.78, 5) is 1.83. The minimum atomic E-state index is 0.330. The quantitative estimate of drug-likeness (QED) is 0.189. The first-order valence-electron chi connectivity index (χ1n) is 3.38. The Hall–Kier alpha value is -1.26. The number of nitrogens with zero attached hydrogens (tertiary/aromatic N) is 3. The fourth-order valence-electron chi connectivity index (χ4n) is 0.915. The van der Waals surface area contributed by atoms with Crippen LogP contribution in [0.4, 0.5) is 0 Å². The van der Waals surface area contributed by atoms with E-state index in [0.29, 0.717) is 17.6 Å². The maximum absolute atomic E-state index is 8.51. The zero-order valence-corrected chi connectivity index (χ0v) is 6.52. The van der Waals surface area contributed by atoms with E-state index in [4.69, 9.17) is 10.4 Å². The molecule has 0 radical (unpaired) electrons. The van der Waals surface area contributed by atoms with Gasteiger partial charge in [0.2, 0.25) is 0 Å². The minimum absolute atomic E-state index is 0.330. The van der Waals surface area contributed by atoms with E-state index in [1.807, 2.05) is 11.8 Å². The molecule has 2 N–H and O–H groups in total. The van der Waals surface area contributed by atoms with Crippen LogP contribution in [-0.2, 0) is 0 Å². The Labute approximate surface area is 64.6 Å². The van der Waals surface area contributed by atoms with Gasteiger partial charge in [0.25, 0.3) is 0 Å². The highest BCUT2D eigenvalue weighted by molar-refractivity contribution is 6.40. The lowest BCUT2D eigenvalue weighted by Crippen LogP contribution is -2.21. The molecule has 0 aliphatic carbocycles. The van der Waals surface area contributed by atoms with E-state index < -0.39 is 0 Å². The molecule has 0 spiro atoms. The Balaban J connectivity index is 2.66. The predicted octanol–water partition coefficient (Wildman–Crippen LogP) is 0.328. The van der Waals surface area contributed by atoms with Crippen LogP contribution in [0.2, 0.25) is 0 Å². The summed E-state index contributed by atoms with van der Waals surface area (Å²) < 4.78 is 0. The van der Waals surface area contributed by atoms with E-state index in [9.17, 15) is 0 Å². The van der Waals surface area contributed by atoms with Crippen LogP contribution in [0.1, 0.15) is 13.8 Å². The van der Waals surface area contributed by atoms with Crippen LogP contribution in [0.25, 0.3) is 0 Å². The number of amidine groups is 1. The number of rotatable bonds is 1. The normalized spacial score (nSPS) is 25.6. The Kier molecular flexibility index (Phi) is 1.98. The molecular formula is C6H11N3O2. The molecule has 5 heteroatoms. The first-order chi connectivity index (χ1) is 5.20. The minimum Gasteiger partial charge on any atom is -0.411 e. The van der Waals surface area contributed by atoms with Gasteiger partial charge in [-0.15, -0.1) is 0 Å². The molecule has 1 rings (SSSR count). The van der Waals surface area contributed by atoms with Gasteiger partial charge in [-0.3, -0.25) is 0 Å². The molecule has 0 aromatic carbocycles. The molecule has 1 unspecified atom stereocenters. The molecule has 1 atom stereocenters. The van der Waals surface area contributed by atoms with Crippen LogP contribution >= 0.6 is 0 Å².